The Hall–Kier alpha value is -3.04. The van der Waals surface area contributed by atoms with Crippen molar-refractivity contribution in [3.05, 3.63) is 59.7 Å². The van der Waals surface area contributed by atoms with E-state index in [0.29, 0.717) is 18.8 Å². The number of amides is 3. The summed E-state index contributed by atoms with van der Waals surface area (Å²) in [6.45, 7) is 4.15. The highest BCUT2D eigenvalue weighted by Gasteiger charge is 2.44. The molecule has 0 radical (unpaired) electrons. The molecule has 2 aromatic carbocycles. The highest BCUT2D eigenvalue weighted by atomic mass is 32.2. The van der Waals surface area contributed by atoms with Crippen molar-refractivity contribution in [3.8, 4) is 0 Å². The van der Waals surface area contributed by atoms with Crippen LogP contribution < -0.4 is 4.90 Å². The number of sulfonamides is 1. The molecule has 0 saturated carbocycles. The van der Waals surface area contributed by atoms with Crippen LogP contribution in [0.3, 0.4) is 0 Å². The molecule has 2 aliphatic rings. The number of rotatable bonds is 6. The Labute approximate surface area is 187 Å². The summed E-state index contributed by atoms with van der Waals surface area (Å²) in [5.74, 6) is -0.882. The average Bonchev–Trinajstić information content (AvgIpc) is 3.40. The summed E-state index contributed by atoms with van der Waals surface area (Å²) in [7, 11) is -3.57. The maximum atomic E-state index is 12.9. The Morgan fingerprint density at radius 1 is 0.969 bits per heavy atom. The molecule has 2 aliphatic heterocycles. The van der Waals surface area contributed by atoms with Gasteiger partial charge in [-0.05, 0) is 63.1 Å². The van der Waals surface area contributed by atoms with Gasteiger partial charge in [-0.2, -0.15) is 4.31 Å². The minimum atomic E-state index is -3.57. The van der Waals surface area contributed by atoms with E-state index >= 15 is 0 Å². The molecule has 0 bridgehead atoms. The molecular weight excluding hydrogens is 430 g/mol. The van der Waals surface area contributed by atoms with Crippen LogP contribution in [0.1, 0.15) is 35.7 Å². The van der Waals surface area contributed by atoms with E-state index in [1.807, 2.05) is 19.1 Å². The molecule has 3 amide bonds. The molecule has 1 atom stereocenters. The fourth-order valence-corrected chi connectivity index (χ4v) is 5.55. The molecule has 0 aliphatic carbocycles. The highest BCUT2D eigenvalue weighted by Crippen LogP contribution is 2.27. The van der Waals surface area contributed by atoms with Crippen molar-refractivity contribution in [3.63, 3.8) is 0 Å². The first-order valence-corrected chi connectivity index (χ1v) is 12.0. The van der Waals surface area contributed by atoms with Crippen LogP contribution in [0.25, 0.3) is 0 Å². The number of hydrogen-bond donors (Lipinski definition) is 0. The minimum Gasteiger partial charge on any atom is -0.292 e. The molecule has 0 spiro atoms. The van der Waals surface area contributed by atoms with Crippen LogP contribution in [0.2, 0.25) is 0 Å². The van der Waals surface area contributed by atoms with Gasteiger partial charge in [0, 0.05) is 24.3 Å². The summed E-state index contributed by atoms with van der Waals surface area (Å²) in [4.78, 5) is 40.8. The number of anilines is 1. The van der Waals surface area contributed by atoms with Crippen molar-refractivity contribution in [2.75, 3.05) is 24.5 Å². The zero-order chi connectivity index (χ0) is 23.0. The van der Waals surface area contributed by atoms with Gasteiger partial charge in [-0.3, -0.25) is 19.4 Å². The lowest BCUT2D eigenvalue weighted by molar-refractivity contribution is -0.126. The second-order valence-electron chi connectivity index (χ2n) is 8.15. The van der Waals surface area contributed by atoms with Crippen LogP contribution in [0.5, 0.6) is 0 Å². The third-order valence-electron chi connectivity index (χ3n) is 5.94. The third-order valence-corrected chi connectivity index (χ3v) is 7.85. The largest absolute Gasteiger partial charge is 0.332 e. The van der Waals surface area contributed by atoms with Crippen LogP contribution >= 0.6 is 0 Å². The van der Waals surface area contributed by atoms with Gasteiger partial charge in [-0.1, -0.05) is 17.7 Å². The smallest absolute Gasteiger partial charge is 0.292 e. The summed E-state index contributed by atoms with van der Waals surface area (Å²) >= 11 is 0. The molecule has 2 fully saturated rings. The van der Waals surface area contributed by atoms with E-state index in [0.717, 1.165) is 23.3 Å². The van der Waals surface area contributed by atoms with Crippen molar-refractivity contribution in [1.29, 1.82) is 0 Å². The van der Waals surface area contributed by atoms with E-state index in [1.165, 1.54) is 33.5 Å². The summed E-state index contributed by atoms with van der Waals surface area (Å²) in [5, 5.41) is 0. The first-order chi connectivity index (χ1) is 15.2. The van der Waals surface area contributed by atoms with E-state index in [-0.39, 0.29) is 10.5 Å². The average molecular weight is 456 g/mol. The molecule has 32 heavy (non-hydrogen) atoms. The second-order valence-corrected chi connectivity index (χ2v) is 10.1. The van der Waals surface area contributed by atoms with Crippen molar-refractivity contribution >= 4 is 33.4 Å². The van der Waals surface area contributed by atoms with Gasteiger partial charge in [0.1, 0.15) is 6.04 Å². The monoisotopic (exact) mass is 455 g/mol. The Morgan fingerprint density at radius 2 is 1.56 bits per heavy atom. The third kappa shape index (κ3) is 3.93. The highest BCUT2D eigenvalue weighted by molar-refractivity contribution is 7.89. The van der Waals surface area contributed by atoms with Gasteiger partial charge in [0.15, 0.2) is 5.78 Å². The summed E-state index contributed by atoms with van der Waals surface area (Å²) in [6, 6.07) is 11.6. The van der Waals surface area contributed by atoms with Crippen molar-refractivity contribution in [2.24, 2.45) is 0 Å². The van der Waals surface area contributed by atoms with E-state index in [2.05, 4.69) is 0 Å². The standard InChI is InChI=1S/C23H25N3O5S/c1-16-5-9-19(10-6-16)26-17(2)22(28)25(23(26)29)15-21(27)18-7-11-20(12-8-18)32(30,31)24-13-3-4-14-24/h5-12,17H,3-4,13-15H2,1-2H3/t17-/m1/s1. The fraction of sp³-hybridized carbons (Fsp3) is 0.348. The maximum absolute atomic E-state index is 12.9. The van der Waals surface area contributed by atoms with Gasteiger partial charge in [0.05, 0.1) is 11.4 Å². The van der Waals surface area contributed by atoms with Crippen molar-refractivity contribution < 1.29 is 22.8 Å². The van der Waals surface area contributed by atoms with Gasteiger partial charge < -0.3 is 0 Å². The SMILES string of the molecule is Cc1ccc(N2C(=O)N(CC(=O)c3ccc(S(=O)(=O)N4CCCC4)cc3)C(=O)[C@H]2C)cc1. The second kappa shape index (κ2) is 8.48. The molecule has 0 N–H and O–H groups in total. The number of ketones is 1. The number of urea groups is 1. The number of aryl methyl sites for hydroxylation is 1. The molecule has 9 heteroatoms. The number of nitrogens with zero attached hydrogens (tertiary/aromatic N) is 3. The molecule has 2 saturated heterocycles. The molecule has 2 heterocycles. The molecule has 0 unspecified atom stereocenters. The molecule has 0 aromatic heterocycles. The van der Waals surface area contributed by atoms with Crippen LogP contribution in [0.15, 0.2) is 53.4 Å². The number of imide groups is 1. The minimum absolute atomic E-state index is 0.128. The fourth-order valence-electron chi connectivity index (χ4n) is 4.04. The predicted molar refractivity (Wildman–Crippen MR) is 119 cm³/mol. The number of hydrogen-bond acceptors (Lipinski definition) is 5. The lowest BCUT2D eigenvalue weighted by atomic mass is 10.1. The van der Waals surface area contributed by atoms with Gasteiger partial charge >= 0.3 is 6.03 Å². The lowest BCUT2D eigenvalue weighted by Crippen LogP contribution is -2.37. The van der Waals surface area contributed by atoms with Crippen molar-refractivity contribution in [1.82, 2.24) is 9.21 Å². The molecule has 168 valence electrons. The zero-order valence-corrected chi connectivity index (χ0v) is 18.8. The van der Waals surface area contributed by atoms with E-state index in [4.69, 9.17) is 0 Å². The normalized spacial score (nSPS) is 19.8. The van der Waals surface area contributed by atoms with E-state index in [1.54, 1.807) is 19.1 Å². The topological polar surface area (TPSA) is 95.1 Å². The predicted octanol–water partition coefficient (Wildman–Crippen LogP) is 2.82. The zero-order valence-electron chi connectivity index (χ0n) is 18.0. The van der Waals surface area contributed by atoms with Crippen LogP contribution in [0.4, 0.5) is 10.5 Å². The van der Waals surface area contributed by atoms with E-state index in [9.17, 15) is 22.8 Å². The molecule has 2 aromatic rings. The van der Waals surface area contributed by atoms with Crippen molar-refractivity contribution in [2.45, 2.75) is 37.6 Å². The molecule has 8 nitrogen and oxygen atoms in total. The van der Waals surface area contributed by atoms with Crippen LogP contribution in [-0.2, 0) is 14.8 Å². The summed E-state index contributed by atoms with van der Waals surface area (Å²) < 4.78 is 26.7. The summed E-state index contributed by atoms with van der Waals surface area (Å²) in [5.41, 5.74) is 1.86. The number of benzene rings is 2. The van der Waals surface area contributed by atoms with Crippen LogP contribution in [0, 0.1) is 6.92 Å². The molecule has 4 rings (SSSR count). The Bertz CT molecular complexity index is 1150. The molecular formula is C23H25N3O5S. The lowest BCUT2D eigenvalue weighted by Gasteiger charge is -2.19. The number of carbonyl (C=O) groups is 3. The quantitative estimate of drug-likeness (QED) is 0.493. The van der Waals surface area contributed by atoms with Gasteiger partial charge in [-0.15, -0.1) is 0 Å². The first-order valence-electron chi connectivity index (χ1n) is 10.5. The van der Waals surface area contributed by atoms with Gasteiger partial charge in [0.25, 0.3) is 5.91 Å². The number of Topliss-reactive ketones (excluding diaryl/α,β-unsaturated/α-hetero) is 1. The van der Waals surface area contributed by atoms with Crippen LogP contribution in [-0.4, -0.2) is 61.0 Å². The Morgan fingerprint density at radius 3 is 2.16 bits per heavy atom. The first kappa shape index (κ1) is 22.2. The van der Waals surface area contributed by atoms with Gasteiger partial charge in [-0.25, -0.2) is 13.2 Å². The van der Waals surface area contributed by atoms with E-state index < -0.39 is 40.3 Å². The Kier molecular flexibility index (Phi) is 5.87. The maximum Gasteiger partial charge on any atom is 0.332 e. The van der Waals surface area contributed by atoms with Gasteiger partial charge in [0.2, 0.25) is 10.0 Å². The Balaban J connectivity index is 1.49. The summed E-state index contributed by atoms with van der Waals surface area (Å²) in [6.07, 6.45) is 1.68. The number of carbonyl (C=O) groups excluding carboxylic acids is 3.